The molecule has 0 aliphatic carbocycles. The second-order valence-corrected chi connectivity index (χ2v) is 7.77. The Morgan fingerprint density at radius 2 is 1.68 bits per heavy atom. The minimum Gasteiger partial charge on any atom is -0.449 e. The van der Waals surface area contributed by atoms with Crippen LogP contribution in [0.1, 0.15) is 75.8 Å². The van der Waals surface area contributed by atoms with Gasteiger partial charge >= 0.3 is 0 Å². The first kappa shape index (κ1) is 20.4. The average molecular weight is 385 g/mol. The van der Waals surface area contributed by atoms with E-state index < -0.39 is 0 Å². The maximum absolute atomic E-state index is 13.2. The number of rotatable bonds is 7. The van der Waals surface area contributed by atoms with Gasteiger partial charge in [0.15, 0.2) is 0 Å². The molecule has 1 aromatic carbocycles. The monoisotopic (exact) mass is 384 g/mol. The van der Waals surface area contributed by atoms with Crippen LogP contribution in [0.4, 0.5) is 5.69 Å². The number of carbonyl (C=O) groups excluding carboxylic acids is 2. The van der Waals surface area contributed by atoms with Crippen molar-refractivity contribution in [3.63, 3.8) is 0 Å². The quantitative estimate of drug-likeness (QED) is 0.675. The molecule has 0 spiro atoms. The highest BCUT2D eigenvalue weighted by Crippen LogP contribution is 2.33. The highest BCUT2D eigenvalue weighted by molar-refractivity contribution is 6.11. The lowest BCUT2D eigenvalue weighted by atomic mass is 9.97. The van der Waals surface area contributed by atoms with Crippen LogP contribution in [-0.2, 0) is 4.79 Å². The van der Waals surface area contributed by atoms with Crippen LogP contribution in [0.3, 0.4) is 0 Å². The van der Waals surface area contributed by atoms with Gasteiger partial charge in [0.25, 0.3) is 5.91 Å². The van der Waals surface area contributed by atoms with Gasteiger partial charge < -0.3 is 14.6 Å². The lowest BCUT2D eigenvalue weighted by Gasteiger charge is -2.20. The molecular weight excluding hydrogens is 352 g/mol. The molecule has 1 aliphatic heterocycles. The molecule has 3 rings (SSSR count). The van der Waals surface area contributed by atoms with Crippen molar-refractivity contribution in [3.05, 3.63) is 30.0 Å². The Hall–Kier alpha value is -2.30. The Labute approximate surface area is 167 Å². The van der Waals surface area contributed by atoms with Crippen molar-refractivity contribution in [2.45, 2.75) is 65.2 Å². The number of benzene rings is 1. The van der Waals surface area contributed by atoms with E-state index in [4.69, 9.17) is 4.42 Å². The van der Waals surface area contributed by atoms with Crippen molar-refractivity contribution >= 4 is 28.5 Å². The summed E-state index contributed by atoms with van der Waals surface area (Å²) < 4.78 is 5.95. The van der Waals surface area contributed by atoms with Gasteiger partial charge in [-0.15, -0.1) is 0 Å². The summed E-state index contributed by atoms with van der Waals surface area (Å²) in [5.74, 6) is 0.101. The Bertz CT molecular complexity index is 797. The first-order valence-corrected chi connectivity index (χ1v) is 10.8. The number of hydrogen-bond acceptors (Lipinski definition) is 3. The molecule has 2 amide bonds. The molecule has 1 aromatic heterocycles. The van der Waals surface area contributed by atoms with Gasteiger partial charge in [0.05, 0.1) is 0 Å². The molecule has 1 saturated heterocycles. The summed E-state index contributed by atoms with van der Waals surface area (Å²) in [6, 6.07) is 7.54. The predicted molar refractivity (Wildman–Crippen MR) is 113 cm³/mol. The van der Waals surface area contributed by atoms with Gasteiger partial charge in [0, 0.05) is 24.4 Å². The van der Waals surface area contributed by atoms with Gasteiger partial charge in [-0.2, -0.15) is 0 Å². The lowest BCUT2D eigenvalue weighted by Crippen LogP contribution is -2.32. The van der Waals surface area contributed by atoms with Crippen LogP contribution in [-0.4, -0.2) is 29.8 Å². The van der Waals surface area contributed by atoms with Crippen LogP contribution in [0.25, 0.3) is 11.0 Å². The zero-order valence-corrected chi connectivity index (χ0v) is 17.1. The van der Waals surface area contributed by atoms with Crippen molar-refractivity contribution in [2.75, 3.05) is 18.4 Å². The van der Waals surface area contributed by atoms with Gasteiger partial charge in [-0.05, 0) is 37.8 Å². The summed E-state index contributed by atoms with van der Waals surface area (Å²) in [4.78, 5) is 28.1. The zero-order chi connectivity index (χ0) is 19.9. The Morgan fingerprint density at radius 1 is 1.04 bits per heavy atom. The first-order chi connectivity index (χ1) is 13.7. The van der Waals surface area contributed by atoms with Gasteiger partial charge in [0.2, 0.25) is 11.7 Å². The largest absolute Gasteiger partial charge is 0.449 e. The van der Waals surface area contributed by atoms with E-state index in [-0.39, 0.29) is 23.5 Å². The second-order valence-electron chi connectivity index (χ2n) is 7.77. The van der Waals surface area contributed by atoms with Crippen molar-refractivity contribution < 1.29 is 14.0 Å². The summed E-state index contributed by atoms with van der Waals surface area (Å²) in [6.45, 7) is 5.68. The minimum absolute atomic E-state index is 0.0137. The molecule has 0 saturated carbocycles. The summed E-state index contributed by atoms with van der Waals surface area (Å²) >= 11 is 0. The number of nitrogens with one attached hydrogen (secondary N) is 1. The fourth-order valence-electron chi connectivity index (χ4n) is 4.07. The Morgan fingerprint density at radius 3 is 2.32 bits per heavy atom. The fourth-order valence-corrected chi connectivity index (χ4v) is 4.07. The number of carbonyl (C=O) groups is 2. The maximum atomic E-state index is 13.2. The topological polar surface area (TPSA) is 62.6 Å². The van der Waals surface area contributed by atoms with Crippen molar-refractivity contribution in [1.29, 1.82) is 0 Å². The van der Waals surface area contributed by atoms with Gasteiger partial charge in [-0.3, -0.25) is 9.59 Å². The fraction of sp³-hybridized carbons (Fsp3) is 0.565. The third kappa shape index (κ3) is 4.57. The van der Waals surface area contributed by atoms with Gasteiger partial charge in [0.1, 0.15) is 11.3 Å². The number of hydrogen-bond donors (Lipinski definition) is 1. The van der Waals surface area contributed by atoms with Gasteiger partial charge in [-0.1, -0.05) is 51.7 Å². The highest BCUT2D eigenvalue weighted by atomic mass is 16.3. The molecule has 28 heavy (non-hydrogen) atoms. The summed E-state index contributed by atoms with van der Waals surface area (Å²) in [6.07, 6.45) is 7.97. The standard InChI is InChI=1S/C23H32N2O3/c1-3-11-17(12-4-2)22(26)24-20-18-13-7-8-14-19(18)28-21(20)23(27)25-15-9-5-6-10-16-25/h7-8,13-14,17H,3-6,9-12,15-16H2,1-2H3,(H,24,26). The first-order valence-electron chi connectivity index (χ1n) is 10.8. The molecule has 5 nitrogen and oxygen atoms in total. The second kappa shape index (κ2) is 9.76. The van der Waals surface area contributed by atoms with E-state index in [9.17, 15) is 9.59 Å². The number of fused-ring (bicyclic) bond motifs is 1. The third-order valence-electron chi connectivity index (χ3n) is 5.58. The molecule has 2 aromatic rings. The molecule has 152 valence electrons. The molecule has 0 bridgehead atoms. The molecule has 2 heterocycles. The summed E-state index contributed by atoms with van der Waals surface area (Å²) in [5.41, 5.74) is 1.17. The van der Waals surface area contributed by atoms with E-state index >= 15 is 0 Å². The number of anilines is 1. The Kier molecular flexibility index (Phi) is 7.12. The van der Waals surface area contributed by atoms with E-state index in [1.54, 1.807) is 0 Å². The van der Waals surface area contributed by atoms with Crippen LogP contribution in [0, 0.1) is 5.92 Å². The highest BCUT2D eigenvalue weighted by Gasteiger charge is 2.28. The van der Waals surface area contributed by atoms with Crippen LogP contribution < -0.4 is 5.32 Å². The molecular formula is C23H32N2O3. The third-order valence-corrected chi connectivity index (χ3v) is 5.58. The van der Waals surface area contributed by atoms with Crippen molar-refractivity contribution in [1.82, 2.24) is 4.90 Å². The Balaban J connectivity index is 1.92. The number of furan rings is 1. The number of nitrogens with zero attached hydrogens (tertiary/aromatic N) is 1. The molecule has 1 N–H and O–H groups in total. The minimum atomic E-state index is -0.115. The predicted octanol–water partition coefficient (Wildman–Crippen LogP) is 5.60. The van der Waals surface area contributed by atoms with E-state index in [1.807, 2.05) is 29.2 Å². The SMILES string of the molecule is CCCC(CCC)C(=O)Nc1c(C(=O)N2CCCCCC2)oc2ccccc12. The van der Waals surface area contributed by atoms with Crippen molar-refractivity contribution in [2.24, 2.45) is 5.92 Å². The molecule has 0 unspecified atom stereocenters. The molecule has 1 fully saturated rings. The van der Waals surface area contributed by atoms with E-state index in [0.29, 0.717) is 11.3 Å². The smallest absolute Gasteiger partial charge is 0.291 e. The zero-order valence-electron chi connectivity index (χ0n) is 17.1. The van der Waals surface area contributed by atoms with Crippen LogP contribution in [0.5, 0.6) is 0 Å². The summed E-state index contributed by atoms with van der Waals surface area (Å²) in [5, 5.41) is 3.85. The molecule has 0 atom stereocenters. The lowest BCUT2D eigenvalue weighted by molar-refractivity contribution is -0.120. The number of likely N-dealkylation sites (tertiary alicyclic amines) is 1. The van der Waals surface area contributed by atoms with Crippen molar-refractivity contribution in [3.8, 4) is 0 Å². The molecule has 5 heteroatoms. The molecule has 0 radical (unpaired) electrons. The van der Waals surface area contributed by atoms with Crippen LogP contribution in [0.15, 0.2) is 28.7 Å². The normalized spacial score (nSPS) is 15.0. The van der Waals surface area contributed by atoms with E-state index in [0.717, 1.165) is 69.8 Å². The summed E-state index contributed by atoms with van der Waals surface area (Å²) in [7, 11) is 0. The number of amides is 2. The van der Waals surface area contributed by atoms with E-state index in [1.165, 1.54) is 0 Å². The number of para-hydroxylation sites is 1. The van der Waals surface area contributed by atoms with Crippen LogP contribution >= 0.6 is 0 Å². The molecule has 1 aliphatic rings. The maximum Gasteiger partial charge on any atom is 0.291 e. The van der Waals surface area contributed by atoms with E-state index in [2.05, 4.69) is 19.2 Å². The average Bonchev–Trinajstić information content (AvgIpc) is 2.87. The van der Waals surface area contributed by atoms with Gasteiger partial charge in [-0.25, -0.2) is 0 Å². The van der Waals surface area contributed by atoms with Crippen LogP contribution in [0.2, 0.25) is 0 Å².